The number of likely N-dealkylation sites (N-methyl/N-ethyl adjacent to an activating group) is 1. The molecular weight excluding hydrogens is 298 g/mol. The van der Waals surface area contributed by atoms with Crippen LogP contribution >= 0.6 is 11.8 Å². The number of rotatable bonds is 2. The first-order valence-electron chi connectivity index (χ1n) is 7.26. The van der Waals surface area contributed by atoms with Crippen molar-refractivity contribution in [3.63, 3.8) is 0 Å². The van der Waals surface area contributed by atoms with Crippen LogP contribution < -0.4 is 4.74 Å². The van der Waals surface area contributed by atoms with E-state index in [-0.39, 0.29) is 5.91 Å². The lowest BCUT2D eigenvalue weighted by atomic mass is 10.2. The summed E-state index contributed by atoms with van der Waals surface area (Å²) < 4.78 is 5.21. The Morgan fingerprint density at radius 3 is 2.77 bits per heavy atom. The standard InChI is InChI=1S/C16H19N3O2S/c1-18-6-8-19(9-7-18)16-17-15(20)14(22-16)11-12-4-3-5-13(10-12)21-2/h3-5,10-11H,6-9H2,1-2H3. The summed E-state index contributed by atoms with van der Waals surface area (Å²) in [6.45, 7) is 3.84. The van der Waals surface area contributed by atoms with Gasteiger partial charge in [0.1, 0.15) is 5.75 Å². The third kappa shape index (κ3) is 3.34. The highest BCUT2D eigenvalue weighted by molar-refractivity contribution is 8.18. The number of aliphatic imine (C=N–C) groups is 1. The Morgan fingerprint density at radius 2 is 2.05 bits per heavy atom. The van der Waals surface area contributed by atoms with Crippen molar-refractivity contribution in [2.45, 2.75) is 0 Å². The van der Waals surface area contributed by atoms with Crippen LogP contribution in [0.3, 0.4) is 0 Å². The van der Waals surface area contributed by atoms with Crippen molar-refractivity contribution in [2.24, 2.45) is 4.99 Å². The van der Waals surface area contributed by atoms with Crippen LogP contribution in [0.4, 0.5) is 0 Å². The number of benzene rings is 1. The molecule has 1 aromatic carbocycles. The van der Waals surface area contributed by atoms with Gasteiger partial charge in [-0.1, -0.05) is 12.1 Å². The molecule has 0 radical (unpaired) electrons. The molecule has 2 aliphatic heterocycles. The maximum absolute atomic E-state index is 12.1. The summed E-state index contributed by atoms with van der Waals surface area (Å²) in [4.78, 5) is 21.5. The van der Waals surface area contributed by atoms with Gasteiger partial charge >= 0.3 is 0 Å². The third-order valence-corrected chi connectivity index (χ3v) is 4.82. The van der Waals surface area contributed by atoms with Gasteiger partial charge in [-0.2, -0.15) is 4.99 Å². The quantitative estimate of drug-likeness (QED) is 0.780. The van der Waals surface area contributed by atoms with E-state index in [1.807, 2.05) is 30.3 Å². The van der Waals surface area contributed by atoms with Crippen molar-refractivity contribution in [3.8, 4) is 5.75 Å². The van der Waals surface area contributed by atoms with Crippen molar-refractivity contribution >= 4 is 28.9 Å². The molecule has 0 aromatic heterocycles. The van der Waals surface area contributed by atoms with Gasteiger partial charge in [-0.05, 0) is 42.6 Å². The number of thioether (sulfide) groups is 1. The molecule has 116 valence electrons. The Kier molecular flexibility index (Phi) is 4.49. The first-order chi connectivity index (χ1) is 10.7. The SMILES string of the molecule is COc1cccc(C=C2SC(N3CCN(C)CC3)=NC2=O)c1. The van der Waals surface area contributed by atoms with E-state index in [1.165, 1.54) is 11.8 Å². The van der Waals surface area contributed by atoms with Crippen LogP contribution in [0.1, 0.15) is 5.56 Å². The number of ether oxygens (including phenoxy) is 1. The summed E-state index contributed by atoms with van der Waals surface area (Å²) in [5.74, 6) is 0.631. The molecule has 1 fully saturated rings. The molecule has 1 saturated heterocycles. The zero-order chi connectivity index (χ0) is 15.5. The van der Waals surface area contributed by atoms with Gasteiger partial charge in [0.05, 0.1) is 12.0 Å². The van der Waals surface area contributed by atoms with Crippen molar-refractivity contribution < 1.29 is 9.53 Å². The van der Waals surface area contributed by atoms with E-state index in [2.05, 4.69) is 21.8 Å². The van der Waals surface area contributed by atoms with E-state index in [4.69, 9.17) is 4.74 Å². The number of carbonyl (C=O) groups excluding carboxylic acids is 1. The van der Waals surface area contributed by atoms with Crippen LogP contribution in [0.2, 0.25) is 0 Å². The van der Waals surface area contributed by atoms with Crippen molar-refractivity contribution in [1.29, 1.82) is 0 Å². The minimum Gasteiger partial charge on any atom is -0.497 e. The molecule has 5 nitrogen and oxygen atoms in total. The molecule has 0 aliphatic carbocycles. The average molecular weight is 317 g/mol. The van der Waals surface area contributed by atoms with Gasteiger partial charge in [-0.15, -0.1) is 0 Å². The van der Waals surface area contributed by atoms with E-state index in [0.717, 1.165) is 42.7 Å². The zero-order valence-corrected chi connectivity index (χ0v) is 13.6. The van der Waals surface area contributed by atoms with Crippen LogP contribution in [0.25, 0.3) is 6.08 Å². The van der Waals surface area contributed by atoms with Crippen molar-refractivity contribution in [1.82, 2.24) is 9.80 Å². The number of nitrogens with zero attached hydrogens (tertiary/aromatic N) is 3. The number of amides is 1. The predicted molar refractivity (Wildman–Crippen MR) is 90.1 cm³/mol. The van der Waals surface area contributed by atoms with E-state index >= 15 is 0 Å². The summed E-state index contributed by atoms with van der Waals surface area (Å²) in [7, 11) is 3.75. The normalized spacial score (nSPS) is 21.4. The summed E-state index contributed by atoms with van der Waals surface area (Å²) in [6.07, 6.45) is 1.88. The maximum Gasteiger partial charge on any atom is 0.286 e. The topological polar surface area (TPSA) is 45.1 Å². The fourth-order valence-corrected chi connectivity index (χ4v) is 3.38. The molecule has 2 aliphatic rings. The van der Waals surface area contributed by atoms with Gasteiger partial charge in [0.2, 0.25) is 0 Å². The minimum absolute atomic E-state index is 0.151. The summed E-state index contributed by atoms with van der Waals surface area (Å²) in [6, 6.07) is 7.67. The van der Waals surface area contributed by atoms with Crippen LogP contribution in [0.5, 0.6) is 5.75 Å². The first-order valence-corrected chi connectivity index (χ1v) is 8.07. The molecule has 0 spiro atoms. The summed E-state index contributed by atoms with van der Waals surface area (Å²) in [5.41, 5.74) is 0.949. The summed E-state index contributed by atoms with van der Waals surface area (Å²) in [5, 5.41) is 0.826. The average Bonchev–Trinajstić information content (AvgIpc) is 2.89. The Balaban J connectivity index is 1.72. The highest BCUT2D eigenvalue weighted by atomic mass is 32.2. The molecular formula is C16H19N3O2S. The fourth-order valence-electron chi connectivity index (χ4n) is 2.41. The number of amidine groups is 1. The molecule has 0 bridgehead atoms. The van der Waals surface area contributed by atoms with Crippen molar-refractivity contribution in [3.05, 3.63) is 34.7 Å². The van der Waals surface area contributed by atoms with Gasteiger partial charge in [-0.25, -0.2) is 0 Å². The number of piperazine rings is 1. The molecule has 3 rings (SSSR count). The van der Waals surface area contributed by atoms with Crippen LogP contribution in [0.15, 0.2) is 34.2 Å². The lowest BCUT2D eigenvalue weighted by Gasteiger charge is -2.32. The number of hydrogen-bond acceptors (Lipinski definition) is 5. The Bertz CT molecular complexity index is 634. The second-order valence-electron chi connectivity index (χ2n) is 5.38. The third-order valence-electron chi connectivity index (χ3n) is 3.77. The highest BCUT2D eigenvalue weighted by Gasteiger charge is 2.27. The maximum atomic E-state index is 12.1. The van der Waals surface area contributed by atoms with Crippen LogP contribution in [0, 0.1) is 0 Å². The van der Waals surface area contributed by atoms with E-state index < -0.39 is 0 Å². The molecule has 2 heterocycles. The number of methoxy groups -OCH3 is 1. The minimum atomic E-state index is -0.151. The van der Waals surface area contributed by atoms with E-state index in [0.29, 0.717) is 4.91 Å². The van der Waals surface area contributed by atoms with E-state index in [1.54, 1.807) is 7.11 Å². The fraction of sp³-hybridized carbons (Fsp3) is 0.375. The second-order valence-corrected chi connectivity index (χ2v) is 6.39. The Labute approximate surface area is 134 Å². The number of carbonyl (C=O) groups is 1. The Morgan fingerprint density at radius 1 is 1.27 bits per heavy atom. The van der Waals surface area contributed by atoms with Gasteiger partial charge in [-0.3, -0.25) is 4.79 Å². The monoisotopic (exact) mass is 317 g/mol. The van der Waals surface area contributed by atoms with E-state index in [9.17, 15) is 4.79 Å². The van der Waals surface area contributed by atoms with Crippen LogP contribution in [-0.2, 0) is 4.79 Å². The van der Waals surface area contributed by atoms with Gasteiger partial charge in [0.25, 0.3) is 5.91 Å². The molecule has 1 aromatic rings. The van der Waals surface area contributed by atoms with Gasteiger partial charge in [0, 0.05) is 26.2 Å². The van der Waals surface area contributed by atoms with Crippen molar-refractivity contribution in [2.75, 3.05) is 40.3 Å². The van der Waals surface area contributed by atoms with Gasteiger partial charge in [0.15, 0.2) is 5.17 Å². The molecule has 0 atom stereocenters. The largest absolute Gasteiger partial charge is 0.497 e. The molecule has 22 heavy (non-hydrogen) atoms. The lowest BCUT2D eigenvalue weighted by molar-refractivity contribution is -0.113. The van der Waals surface area contributed by atoms with Crippen LogP contribution in [-0.4, -0.2) is 61.2 Å². The molecule has 0 saturated carbocycles. The highest BCUT2D eigenvalue weighted by Crippen LogP contribution is 2.31. The van der Waals surface area contributed by atoms with Gasteiger partial charge < -0.3 is 14.5 Å². The molecule has 0 unspecified atom stereocenters. The molecule has 6 heteroatoms. The first kappa shape index (κ1) is 15.1. The lowest BCUT2D eigenvalue weighted by Crippen LogP contribution is -2.46. The molecule has 0 N–H and O–H groups in total. The molecule has 1 amide bonds. The second kappa shape index (κ2) is 6.54. The number of hydrogen-bond donors (Lipinski definition) is 0. The summed E-state index contributed by atoms with van der Waals surface area (Å²) >= 11 is 1.46. The Hall–Kier alpha value is -1.79. The zero-order valence-electron chi connectivity index (χ0n) is 12.8. The predicted octanol–water partition coefficient (Wildman–Crippen LogP) is 1.91. The smallest absolute Gasteiger partial charge is 0.286 e.